The summed E-state index contributed by atoms with van der Waals surface area (Å²) in [6.45, 7) is 3.68. The quantitative estimate of drug-likeness (QED) is 0.444. The fraction of sp³-hybridized carbons (Fsp3) is 0.360. The molecule has 1 unspecified atom stereocenters. The van der Waals surface area contributed by atoms with Crippen LogP contribution in [0.15, 0.2) is 66.7 Å². The van der Waals surface area contributed by atoms with E-state index in [1.165, 1.54) is 41.2 Å². The zero-order valence-corrected chi connectivity index (χ0v) is 16.4. The molecule has 0 aliphatic carbocycles. The van der Waals surface area contributed by atoms with E-state index in [1.54, 1.807) is 0 Å². The molecule has 3 rings (SSSR count). The van der Waals surface area contributed by atoms with Gasteiger partial charge in [-0.2, -0.15) is 0 Å². The third kappa shape index (κ3) is 5.58. The third-order valence-corrected chi connectivity index (χ3v) is 5.20. The number of hydrogen-bond acceptors (Lipinski definition) is 2. The lowest BCUT2D eigenvalue weighted by Crippen LogP contribution is -2.15. The Morgan fingerprint density at radius 3 is 2.37 bits per heavy atom. The monoisotopic (exact) mass is 361 g/mol. The van der Waals surface area contributed by atoms with E-state index < -0.39 is 0 Å². The first-order chi connectivity index (χ1) is 13.3. The summed E-state index contributed by atoms with van der Waals surface area (Å²) in [5, 5.41) is 2.55. The maximum absolute atomic E-state index is 6.11. The molecule has 2 heteroatoms. The van der Waals surface area contributed by atoms with Crippen LogP contribution < -0.4 is 10.5 Å². The first kappa shape index (κ1) is 19.4. The molecular formula is C25H31NO. The summed E-state index contributed by atoms with van der Waals surface area (Å²) in [5.74, 6) is 1.29. The van der Waals surface area contributed by atoms with Crippen molar-refractivity contribution in [3.63, 3.8) is 0 Å². The molecule has 0 heterocycles. The van der Waals surface area contributed by atoms with Gasteiger partial charge in [0.05, 0.1) is 6.61 Å². The molecule has 3 aromatic rings. The zero-order valence-electron chi connectivity index (χ0n) is 16.4. The van der Waals surface area contributed by atoms with Gasteiger partial charge in [0.15, 0.2) is 0 Å². The van der Waals surface area contributed by atoms with Crippen molar-refractivity contribution in [3.05, 3.63) is 77.9 Å². The fourth-order valence-electron chi connectivity index (χ4n) is 3.52. The molecule has 27 heavy (non-hydrogen) atoms. The second-order valence-corrected chi connectivity index (χ2v) is 7.30. The highest BCUT2D eigenvalue weighted by Gasteiger charge is 2.11. The van der Waals surface area contributed by atoms with Crippen molar-refractivity contribution in [1.29, 1.82) is 0 Å². The molecule has 0 spiro atoms. The molecule has 0 saturated carbocycles. The SMILES string of the molecule is CCCCCCOc1ccc(CC(CN)c2ccc3ccccc3c2)cc1. The smallest absolute Gasteiger partial charge is 0.119 e. The highest BCUT2D eigenvalue weighted by Crippen LogP contribution is 2.25. The summed E-state index contributed by atoms with van der Waals surface area (Å²) < 4.78 is 5.85. The van der Waals surface area contributed by atoms with Gasteiger partial charge in [0.2, 0.25) is 0 Å². The minimum atomic E-state index is 0.329. The zero-order chi connectivity index (χ0) is 18.9. The Morgan fingerprint density at radius 1 is 0.852 bits per heavy atom. The third-order valence-electron chi connectivity index (χ3n) is 5.20. The van der Waals surface area contributed by atoms with Crippen LogP contribution in [-0.2, 0) is 6.42 Å². The highest BCUT2D eigenvalue weighted by atomic mass is 16.5. The highest BCUT2D eigenvalue weighted by molar-refractivity contribution is 5.83. The van der Waals surface area contributed by atoms with Crippen LogP contribution in [0.2, 0.25) is 0 Å². The topological polar surface area (TPSA) is 35.2 Å². The molecule has 0 aliphatic heterocycles. The Hall–Kier alpha value is -2.32. The van der Waals surface area contributed by atoms with E-state index in [1.807, 2.05) is 0 Å². The number of fused-ring (bicyclic) bond motifs is 1. The van der Waals surface area contributed by atoms with Gasteiger partial charge in [-0.15, -0.1) is 0 Å². The summed E-state index contributed by atoms with van der Waals surface area (Å²) in [5.41, 5.74) is 8.72. The first-order valence-corrected chi connectivity index (χ1v) is 10.2. The average Bonchev–Trinajstić information content (AvgIpc) is 2.72. The maximum atomic E-state index is 6.11. The summed E-state index contributed by atoms with van der Waals surface area (Å²) in [6, 6.07) is 23.7. The number of nitrogens with two attached hydrogens (primary N) is 1. The molecule has 2 nitrogen and oxygen atoms in total. The Morgan fingerprint density at radius 2 is 1.63 bits per heavy atom. The Bertz CT molecular complexity index is 825. The normalized spacial score (nSPS) is 12.2. The van der Waals surface area contributed by atoms with Crippen molar-refractivity contribution >= 4 is 10.8 Å². The van der Waals surface area contributed by atoms with Gasteiger partial charge in [0.1, 0.15) is 5.75 Å². The molecule has 0 radical (unpaired) electrons. The molecule has 3 aromatic carbocycles. The molecule has 0 amide bonds. The molecule has 1 atom stereocenters. The largest absolute Gasteiger partial charge is 0.494 e. The minimum Gasteiger partial charge on any atom is -0.494 e. The molecular weight excluding hydrogens is 330 g/mol. The van der Waals surface area contributed by atoms with E-state index in [0.29, 0.717) is 12.5 Å². The van der Waals surface area contributed by atoms with Gasteiger partial charge in [-0.1, -0.05) is 80.8 Å². The fourth-order valence-corrected chi connectivity index (χ4v) is 3.52. The molecule has 0 fully saturated rings. The number of benzene rings is 3. The van der Waals surface area contributed by atoms with Crippen LogP contribution in [0, 0.1) is 0 Å². The van der Waals surface area contributed by atoms with Gasteiger partial charge >= 0.3 is 0 Å². The van der Waals surface area contributed by atoms with Crippen LogP contribution in [0.1, 0.15) is 49.7 Å². The van der Waals surface area contributed by atoms with E-state index in [9.17, 15) is 0 Å². The average molecular weight is 362 g/mol. The van der Waals surface area contributed by atoms with Gasteiger partial charge < -0.3 is 10.5 Å². The van der Waals surface area contributed by atoms with Gasteiger partial charge in [-0.3, -0.25) is 0 Å². The van der Waals surface area contributed by atoms with Crippen LogP contribution in [0.4, 0.5) is 0 Å². The number of hydrogen-bond donors (Lipinski definition) is 1. The Balaban J connectivity index is 1.60. The molecule has 0 aliphatic rings. The molecule has 0 aromatic heterocycles. The maximum Gasteiger partial charge on any atom is 0.119 e. The first-order valence-electron chi connectivity index (χ1n) is 10.2. The van der Waals surface area contributed by atoms with E-state index in [0.717, 1.165) is 25.2 Å². The van der Waals surface area contributed by atoms with Gasteiger partial charge in [-0.25, -0.2) is 0 Å². The van der Waals surface area contributed by atoms with Gasteiger partial charge in [0, 0.05) is 5.92 Å². The van der Waals surface area contributed by atoms with Crippen molar-refractivity contribution in [3.8, 4) is 5.75 Å². The van der Waals surface area contributed by atoms with Crippen molar-refractivity contribution < 1.29 is 4.74 Å². The molecule has 142 valence electrons. The van der Waals surface area contributed by atoms with Gasteiger partial charge in [-0.05, 0) is 53.4 Å². The molecule has 0 saturated heterocycles. The van der Waals surface area contributed by atoms with E-state index >= 15 is 0 Å². The van der Waals surface area contributed by atoms with E-state index in [2.05, 4.69) is 73.7 Å². The van der Waals surface area contributed by atoms with Crippen LogP contribution in [0.5, 0.6) is 5.75 Å². The summed E-state index contributed by atoms with van der Waals surface area (Å²) in [7, 11) is 0. The van der Waals surface area contributed by atoms with Crippen LogP contribution in [0.25, 0.3) is 10.8 Å². The summed E-state index contributed by atoms with van der Waals surface area (Å²) >= 11 is 0. The lowest BCUT2D eigenvalue weighted by atomic mass is 9.90. The predicted octanol–water partition coefficient (Wildman–Crippen LogP) is 6.08. The summed E-state index contributed by atoms with van der Waals surface area (Å²) in [6.07, 6.45) is 5.88. The summed E-state index contributed by atoms with van der Waals surface area (Å²) in [4.78, 5) is 0. The van der Waals surface area contributed by atoms with Crippen molar-refractivity contribution in [2.24, 2.45) is 5.73 Å². The Kier molecular flexibility index (Phi) is 7.29. The standard InChI is InChI=1S/C25H31NO/c1-2-3-4-7-16-27-25-14-10-20(11-15-25)17-24(19-26)23-13-12-21-8-5-6-9-22(21)18-23/h5-6,8-15,18,24H,2-4,7,16-17,19,26H2,1H3. The second kappa shape index (κ2) is 10.1. The van der Waals surface area contributed by atoms with Crippen molar-refractivity contribution in [1.82, 2.24) is 0 Å². The minimum absolute atomic E-state index is 0.329. The van der Waals surface area contributed by atoms with Crippen molar-refractivity contribution in [2.75, 3.05) is 13.2 Å². The predicted molar refractivity (Wildman–Crippen MR) is 116 cm³/mol. The number of rotatable bonds is 10. The lowest BCUT2D eigenvalue weighted by Gasteiger charge is -2.16. The van der Waals surface area contributed by atoms with Crippen LogP contribution in [-0.4, -0.2) is 13.2 Å². The van der Waals surface area contributed by atoms with E-state index in [4.69, 9.17) is 10.5 Å². The number of unbranched alkanes of at least 4 members (excludes halogenated alkanes) is 3. The second-order valence-electron chi connectivity index (χ2n) is 7.30. The molecule has 2 N–H and O–H groups in total. The van der Waals surface area contributed by atoms with Crippen molar-refractivity contribution in [2.45, 2.75) is 44.9 Å². The van der Waals surface area contributed by atoms with Gasteiger partial charge in [0.25, 0.3) is 0 Å². The molecule has 0 bridgehead atoms. The number of ether oxygens (including phenoxy) is 1. The Labute approximate surface area is 163 Å². The van der Waals surface area contributed by atoms with E-state index in [-0.39, 0.29) is 0 Å². The van der Waals surface area contributed by atoms with Crippen LogP contribution >= 0.6 is 0 Å². The van der Waals surface area contributed by atoms with Crippen LogP contribution in [0.3, 0.4) is 0 Å². The lowest BCUT2D eigenvalue weighted by molar-refractivity contribution is 0.305.